The second-order valence-corrected chi connectivity index (χ2v) is 11.0. The van der Waals surface area contributed by atoms with E-state index in [2.05, 4.69) is 12.1 Å². The number of benzene rings is 3. The van der Waals surface area contributed by atoms with Crippen LogP contribution in [0.4, 0.5) is 5.69 Å². The Morgan fingerprint density at radius 1 is 0.868 bits per heavy atom. The van der Waals surface area contributed by atoms with E-state index in [1.807, 2.05) is 18.2 Å². The molecule has 3 aliphatic rings. The number of nitrogens with zero attached hydrogens (tertiary/aromatic N) is 1. The Hall–Kier alpha value is -3.48. The van der Waals surface area contributed by atoms with Gasteiger partial charge in [0.2, 0.25) is 17.6 Å². The Labute approximate surface area is 229 Å². The highest BCUT2D eigenvalue weighted by atomic mass is 35.5. The lowest BCUT2D eigenvalue weighted by atomic mass is 9.73. The summed E-state index contributed by atoms with van der Waals surface area (Å²) >= 11 is 11.9. The Bertz CT molecular complexity index is 1460. The van der Waals surface area contributed by atoms with E-state index in [0.29, 0.717) is 16.6 Å². The Kier molecular flexibility index (Phi) is 6.33. The topological polar surface area (TPSA) is 80.8 Å². The smallest absolute Gasteiger partial charge is 0.338 e. The van der Waals surface area contributed by atoms with Gasteiger partial charge in [-0.2, -0.15) is 0 Å². The zero-order valence-corrected chi connectivity index (χ0v) is 21.7. The third-order valence-corrected chi connectivity index (χ3v) is 8.72. The summed E-state index contributed by atoms with van der Waals surface area (Å²) in [6.45, 7) is -0.486. The van der Waals surface area contributed by atoms with Gasteiger partial charge in [0.25, 0.3) is 0 Å². The molecule has 5 unspecified atom stereocenters. The minimum absolute atomic E-state index is 0.153. The summed E-state index contributed by atoms with van der Waals surface area (Å²) in [7, 11) is 0. The van der Waals surface area contributed by atoms with Gasteiger partial charge in [-0.15, -0.1) is 0 Å². The van der Waals surface area contributed by atoms with Crippen molar-refractivity contribution >= 4 is 52.5 Å². The van der Waals surface area contributed by atoms with Crippen molar-refractivity contribution in [1.82, 2.24) is 0 Å². The fraction of sp³-hybridized carbons (Fsp3) is 0.267. The van der Waals surface area contributed by atoms with Crippen LogP contribution in [0, 0.1) is 23.7 Å². The maximum Gasteiger partial charge on any atom is 0.338 e. The number of amides is 2. The zero-order chi connectivity index (χ0) is 26.6. The molecule has 2 amide bonds. The molecule has 2 bridgehead atoms. The van der Waals surface area contributed by atoms with E-state index in [-0.39, 0.29) is 51.6 Å². The number of carbonyl (C=O) groups is 4. The normalized spacial score (nSPS) is 25.5. The molecule has 0 N–H and O–H groups in total. The number of imide groups is 1. The number of anilines is 1. The maximum atomic E-state index is 13.5. The van der Waals surface area contributed by atoms with E-state index in [1.54, 1.807) is 12.1 Å². The number of halogens is 2. The van der Waals surface area contributed by atoms with Crippen LogP contribution in [0.5, 0.6) is 0 Å². The van der Waals surface area contributed by atoms with E-state index in [1.165, 1.54) is 40.8 Å². The number of ether oxygens (including phenoxy) is 1. The molecule has 0 spiro atoms. The number of hydrogen-bond donors (Lipinski definition) is 0. The molecule has 1 heterocycles. The molecule has 3 fully saturated rings. The highest BCUT2D eigenvalue weighted by Crippen LogP contribution is 2.61. The van der Waals surface area contributed by atoms with Gasteiger partial charge in [0.1, 0.15) is 0 Å². The van der Waals surface area contributed by atoms with E-state index in [0.717, 1.165) is 12.8 Å². The van der Waals surface area contributed by atoms with Crippen LogP contribution in [-0.4, -0.2) is 30.2 Å². The third-order valence-electron chi connectivity index (χ3n) is 8.17. The predicted molar refractivity (Wildman–Crippen MR) is 142 cm³/mol. The summed E-state index contributed by atoms with van der Waals surface area (Å²) in [6.07, 6.45) is 1.83. The molecule has 38 heavy (non-hydrogen) atoms. The van der Waals surface area contributed by atoms with Crippen molar-refractivity contribution in [1.29, 1.82) is 0 Å². The number of Topliss-reactive ketones (excluding diaryl/α,β-unsaturated/α-hetero) is 1. The fourth-order valence-electron chi connectivity index (χ4n) is 6.55. The number of esters is 1. The van der Waals surface area contributed by atoms with Crippen molar-refractivity contribution in [2.45, 2.75) is 18.8 Å². The summed E-state index contributed by atoms with van der Waals surface area (Å²) in [5.41, 5.74) is 2.08. The van der Waals surface area contributed by atoms with Crippen LogP contribution in [-0.2, 0) is 14.3 Å². The van der Waals surface area contributed by atoms with E-state index in [4.69, 9.17) is 27.9 Å². The second-order valence-electron chi connectivity index (χ2n) is 10.1. The van der Waals surface area contributed by atoms with Crippen LogP contribution in [0.2, 0.25) is 10.0 Å². The molecule has 0 aromatic heterocycles. The lowest BCUT2D eigenvalue weighted by molar-refractivity contribution is -0.123. The first kappa shape index (κ1) is 24.8. The Morgan fingerprint density at radius 2 is 1.58 bits per heavy atom. The quantitative estimate of drug-likeness (QED) is 0.216. The number of ketones is 1. The highest BCUT2D eigenvalue weighted by molar-refractivity contribution is 6.36. The van der Waals surface area contributed by atoms with Crippen LogP contribution >= 0.6 is 23.2 Å². The number of rotatable bonds is 6. The van der Waals surface area contributed by atoms with Gasteiger partial charge < -0.3 is 4.74 Å². The van der Waals surface area contributed by atoms with Crippen molar-refractivity contribution in [3.8, 4) is 0 Å². The highest BCUT2D eigenvalue weighted by Gasteiger charge is 2.64. The summed E-state index contributed by atoms with van der Waals surface area (Å²) < 4.78 is 5.16. The summed E-state index contributed by atoms with van der Waals surface area (Å²) in [6, 6.07) is 20.8. The van der Waals surface area contributed by atoms with Crippen molar-refractivity contribution in [3.63, 3.8) is 0 Å². The Balaban J connectivity index is 1.13. The number of hydrogen-bond acceptors (Lipinski definition) is 5. The molecule has 2 aliphatic carbocycles. The van der Waals surface area contributed by atoms with E-state index in [9.17, 15) is 19.2 Å². The van der Waals surface area contributed by atoms with Crippen LogP contribution in [0.25, 0.3) is 0 Å². The molecule has 2 saturated carbocycles. The van der Waals surface area contributed by atoms with Gasteiger partial charge in [-0.05, 0) is 78.6 Å². The van der Waals surface area contributed by atoms with Crippen LogP contribution in [0.1, 0.15) is 45.0 Å². The fourth-order valence-corrected chi connectivity index (χ4v) is 7.07. The molecule has 5 atom stereocenters. The van der Waals surface area contributed by atoms with Crippen molar-refractivity contribution in [3.05, 3.63) is 99.5 Å². The minimum Gasteiger partial charge on any atom is -0.454 e. The zero-order valence-electron chi connectivity index (χ0n) is 20.2. The standard InChI is InChI=1S/C30H23Cl2NO5/c31-19-8-11-21(24(32)14-19)25(34)15-38-30(37)17-6-9-20(10-7-17)33-28(35)26-18-12-22(16-4-2-1-3-5-16)23(13-18)27(26)29(33)36/h1-11,14,18,22-23,26-27H,12-13,15H2. The van der Waals surface area contributed by atoms with E-state index < -0.39 is 18.4 Å². The molecular formula is C30H23Cl2NO5. The molecule has 3 aromatic rings. The van der Waals surface area contributed by atoms with Gasteiger partial charge in [0.05, 0.1) is 28.1 Å². The summed E-state index contributed by atoms with van der Waals surface area (Å²) in [5, 5.41) is 0.571. The number of fused-ring (bicyclic) bond motifs is 5. The molecule has 6 nitrogen and oxygen atoms in total. The Morgan fingerprint density at radius 3 is 2.29 bits per heavy atom. The van der Waals surface area contributed by atoms with Gasteiger partial charge in [0.15, 0.2) is 6.61 Å². The second kappa shape index (κ2) is 9.68. The molecule has 8 heteroatoms. The van der Waals surface area contributed by atoms with Crippen molar-refractivity contribution in [2.24, 2.45) is 23.7 Å². The molecule has 1 saturated heterocycles. The maximum absolute atomic E-state index is 13.5. The molecule has 6 rings (SSSR count). The van der Waals surface area contributed by atoms with Crippen molar-refractivity contribution in [2.75, 3.05) is 11.5 Å². The lowest BCUT2D eigenvalue weighted by Gasteiger charge is -2.28. The molecule has 192 valence electrons. The summed E-state index contributed by atoms with van der Waals surface area (Å²) in [5.74, 6) is -1.39. The van der Waals surface area contributed by atoms with Crippen LogP contribution < -0.4 is 4.90 Å². The monoisotopic (exact) mass is 547 g/mol. The first-order valence-electron chi connectivity index (χ1n) is 12.5. The van der Waals surface area contributed by atoms with Gasteiger partial charge in [-0.3, -0.25) is 19.3 Å². The first-order chi connectivity index (χ1) is 18.3. The largest absolute Gasteiger partial charge is 0.454 e. The predicted octanol–water partition coefficient (Wildman–Crippen LogP) is 5.96. The van der Waals surface area contributed by atoms with Crippen LogP contribution in [0.15, 0.2) is 72.8 Å². The first-order valence-corrected chi connectivity index (χ1v) is 13.3. The molecule has 3 aromatic carbocycles. The molecule has 0 radical (unpaired) electrons. The number of carbonyl (C=O) groups excluding carboxylic acids is 4. The summed E-state index contributed by atoms with van der Waals surface area (Å²) in [4.78, 5) is 53.1. The minimum atomic E-state index is -0.699. The SMILES string of the molecule is O=C(OCC(=O)c1ccc(Cl)cc1Cl)c1ccc(N2C(=O)C3C4CC(c5ccccc5)C(C4)C3C2=O)cc1. The average Bonchev–Trinajstić information content (AvgIpc) is 3.59. The van der Waals surface area contributed by atoms with Crippen molar-refractivity contribution < 1.29 is 23.9 Å². The van der Waals surface area contributed by atoms with Crippen LogP contribution in [0.3, 0.4) is 0 Å². The third kappa shape index (κ3) is 4.12. The molecule has 1 aliphatic heterocycles. The average molecular weight is 548 g/mol. The van der Waals surface area contributed by atoms with Gasteiger partial charge in [-0.25, -0.2) is 4.79 Å². The van der Waals surface area contributed by atoms with Gasteiger partial charge in [0, 0.05) is 10.6 Å². The van der Waals surface area contributed by atoms with Gasteiger partial charge >= 0.3 is 5.97 Å². The van der Waals surface area contributed by atoms with Gasteiger partial charge in [-0.1, -0.05) is 53.5 Å². The van der Waals surface area contributed by atoms with E-state index >= 15 is 0 Å². The lowest BCUT2D eigenvalue weighted by Crippen LogP contribution is -2.33. The molecular weight excluding hydrogens is 525 g/mol.